The van der Waals surface area contributed by atoms with Gasteiger partial charge in [-0.05, 0) is 42.5 Å². The van der Waals surface area contributed by atoms with E-state index in [0.717, 1.165) is 17.9 Å². The normalized spacial score (nSPS) is 21.9. The third-order valence-electron chi connectivity index (χ3n) is 2.61. The summed E-state index contributed by atoms with van der Waals surface area (Å²) in [6.07, 6.45) is 5.61. The summed E-state index contributed by atoms with van der Waals surface area (Å²) in [5, 5.41) is 0.787. The molecule has 2 heteroatoms. The summed E-state index contributed by atoms with van der Waals surface area (Å²) in [6, 6.07) is 8.21. The van der Waals surface area contributed by atoms with Crippen molar-refractivity contribution in [2.75, 3.05) is 0 Å². The minimum absolute atomic E-state index is 0.231. The van der Waals surface area contributed by atoms with E-state index in [0.29, 0.717) is 0 Å². The van der Waals surface area contributed by atoms with E-state index in [2.05, 4.69) is 18.2 Å². The highest BCUT2D eigenvalue weighted by Gasteiger charge is 2.10. The van der Waals surface area contributed by atoms with Crippen molar-refractivity contribution in [1.82, 2.24) is 0 Å². The quantitative estimate of drug-likeness (QED) is 0.752. The molecule has 1 aromatic carbocycles. The van der Waals surface area contributed by atoms with E-state index in [4.69, 9.17) is 17.3 Å². The van der Waals surface area contributed by atoms with Gasteiger partial charge in [0.15, 0.2) is 0 Å². The molecule has 0 saturated carbocycles. The van der Waals surface area contributed by atoms with Crippen LogP contribution >= 0.6 is 11.6 Å². The molecule has 0 aromatic heterocycles. The highest BCUT2D eigenvalue weighted by Crippen LogP contribution is 2.26. The van der Waals surface area contributed by atoms with E-state index in [1.165, 1.54) is 17.6 Å². The Morgan fingerprint density at radius 3 is 2.57 bits per heavy atom. The highest BCUT2D eigenvalue weighted by molar-refractivity contribution is 6.30. The first-order valence-corrected chi connectivity index (χ1v) is 5.36. The third-order valence-corrected chi connectivity index (χ3v) is 2.87. The standard InChI is InChI=1S/C12H14ClN/c13-11-6-4-9(5-7-11)10-2-1-3-12(14)8-10/h4-8,12H,1-3,14H2. The third kappa shape index (κ3) is 2.17. The van der Waals surface area contributed by atoms with Crippen LogP contribution in [0.3, 0.4) is 0 Å². The van der Waals surface area contributed by atoms with Crippen molar-refractivity contribution in [3.05, 3.63) is 40.9 Å². The molecule has 1 atom stereocenters. The van der Waals surface area contributed by atoms with Gasteiger partial charge in [0.2, 0.25) is 0 Å². The molecule has 0 aliphatic heterocycles. The maximum absolute atomic E-state index is 5.89. The Labute approximate surface area is 89.6 Å². The first kappa shape index (κ1) is 9.75. The van der Waals surface area contributed by atoms with E-state index in [9.17, 15) is 0 Å². The molecule has 0 fully saturated rings. The monoisotopic (exact) mass is 207 g/mol. The molecule has 1 aliphatic carbocycles. The van der Waals surface area contributed by atoms with Crippen LogP contribution in [0.5, 0.6) is 0 Å². The van der Waals surface area contributed by atoms with Crippen LogP contribution in [0.4, 0.5) is 0 Å². The number of allylic oxidation sites excluding steroid dienone is 1. The van der Waals surface area contributed by atoms with Crippen molar-refractivity contribution in [1.29, 1.82) is 0 Å². The van der Waals surface area contributed by atoms with Crippen molar-refractivity contribution in [2.24, 2.45) is 5.73 Å². The molecule has 0 amide bonds. The first-order valence-electron chi connectivity index (χ1n) is 4.98. The Hall–Kier alpha value is -0.790. The lowest BCUT2D eigenvalue weighted by Gasteiger charge is -2.17. The Bertz CT molecular complexity index is 340. The van der Waals surface area contributed by atoms with Crippen LogP contribution in [0.15, 0.2) is 30.3 Å². The van der Waals surface area contributed by atoms with Crippen molar-refractivity contribution in [2.45, 2.75) is 25.3 Å². The van der Waals surface area contributed by atoms with Gasteiger partial charge in [-0.25, -0.2) is 0 Å². The maximum atomic E-state index is 5.89. The molecule has 0 radical (unpaired) electrons. The van der Waals surface area contributed by atoms with Gasteiger partial charge in [-0.15, -0.1) is 0 Å². The molecule has 1 aromatic rings. The minimum atomic E-state index is 0.231. The topological polar surface area (TPSA) is 26.0 Å². The molecule has 74 valence electrons. The van der Waals surface area contributed by atoms with Crippen LogP contribution in [0.2, 0.25) is 5.02 Å². The zero-order valence-electron chi connectivity index (χ0n) is 8.04. The largest absolute Gasteiger partial charge is 0.324 e. The predicted molar refractivity (Wildman–Crippen MR) is 61.3 cm³/mol. The lowest BCUT2D eigenvalue weighted by atomic mass is 9.91. The second-order valence-electron chi connectivity index (χ2n) is 3.75. The Balaban J connectivity index is 2.26. The lowest BCUT2D eigenvalue weighted by molar-refractivity contribution is 0.654. The van der Waals surface area contributed by atoms with Gasteiger partial charge in [-0.3, -0.25) is 0 Å². The van der Waals surface area contributed by atoms with Crippen LogP contribution < -0.4 is 5.73 Å². The second-order valence-corrected chi connectivity index (χ2v) is 4.19. The molecule has 1 nitrogen and oxygen atoms in total. The van der Waals surface area contributed by atoms with Crippen LogP contribution in [0, 0.1) is 0 Å². The fourth-order valence-electron chi connectivity index (χ4n) is 1.86. The van der Waals surface area contributed by atoms with E-state index in [-0.39, 0.29) is 6.04 Å². The summed E-state index contributed by atoms with van der Waals surface area (Å²) in [6.45, 7) is 0. The van der Waals surface area contributed by atoms with Crippen molar-refractivity contribution in [3.8, 4) is 0 Å². The zero-order valence-corrected chi connectivity index (χ0v) is 8.80. The van der Waals surface area contributed by atoms with Gasteiger partial charge in [0.25, 0.3) is 0 Å². The zero-order chi connectivity index (χ0) is 9.97. The van der Waals surface area contributed by atoms with Gasteiger partial charge in [0.05, 0.1) is 0 Å². The van der Waals surface area contributed by atoms with Crippen molar-refractivity contribution < 1.29 is 0 Å². The van der Waals surface area contributed by atoms with Crippen molar-refractivity contribution in [3.63, 3.8) is 0 Å². The average molecular weight is 208 g/mol. The maximum Gasteiger partial charge on any atom is 0.0406 e. The number of hydrogen-bond donors (Lipinski definition) is 1. The molecule has 2 rings (SSSR count). The molecule has 0 saturated heterocycles. The molecular weight excluding hydrogens is 194 g/mol. The summed E-state index contributed by atoms with van der Waals surface area (Å²) in [7, 11) is 0. The Kier molecular flexibility index (Phi) is 2.90. The minimum Gasteiger partial charge on any atom is -0.324 e. The summed E-state index contributed by atoms with van der Waals surface area (Å²) in [4.78, 5) is 0. The van der Waals surface area contributed by atoms with Gasteiger partial charge in [0, 0.05) is 11.1 Å². The summed E-state index contributed by atoms with van der Waals surface area (Å²) in [5.41, 5.74) is 8.51. The highest BCUT2D eigenvalue weighted by atomic mass is 35.5. The number of rotatable bonds is 1. The average Bonchev–Trinajstić information content (AvgIpc) is 2.19. The van der Waals surface area contributed by atoms with Crippen LogP contribution in [-0.4, -0.2) is 6.04 Å². The molecule has 1 aliphatic rings. The second kappa shape index (κ2) is 4.16. The molecular formula is C12H14ClN. The number of benzene rings is 1. The van der Waals surface area contributed by atoms with Gasteiger partial charge in [-0.1, -0.05) is 29.8 Å². The number of halogens is 1. The fourth-order valence-corrected chi connectivity index (χ4v) is 1.98. The number of nitrogens with two attached hydrogens (primary N) is 1. The van der Waals surface area contributed by atoms with Crippen LogP contribution in [0.1, 0.15) is 24.8 Å². The number of hydrogen-bond acceptors (Lipinski definition) is 1. The SMILES string of the molecule is NC1C=C(c2ccc(Cl)cc2)CCC1. The molecule has 2 N–H and O–H groups in total. The molecule has 1 unspecified atom stereocenters. The smallest absolute Gasteiger partial charge is 0.0406 e. The van der Waals surface area contributed by atoms with Gasteiger partial charge < -0.3 is 5.73 Å². The van der Waals surface area contributed by atoms with Crippen LogP contribution in [-0.2, 0) is 0 Å². The predicted octanol–water partition coefficient (Wildman–Crippen LogP) is 3.23. The Morgan fingerprint density at radius 1 is 1.21 bits per heavy atom. The molecule has 0 bridgehead atoms. The Morgan fingerprint density at radius 2 is 1.93 bits per heavy atom. The summed E-state index contributed by atoms with van der Waals surface area (Å²) < 4.78 is 0. The fraction of sp³-hybridized carbons (Fsp3) is 0.333. The molecule has 0 heterocycles. The van der Waals surface area contributed by atoms with E-state index in [1.54, 1.807) is 0 Å². The van der Waals surface area contributed by atoms with E-state index < -0.39 is 0 Å². The van der Waals surface area contributed by atoms with Gasteiger partial charge in [0.1, 0.15) is 0 Å². The van der Waals surface area contributed by atoms with E-state index in [1.807, 2.05) is 12.1 Å². The molecule has 14 heavy (non-hydrogen) atoms. The van der Waals surface area contributed by atoms with Gasteiger partial charge >= 0.3 is 0 Å². The molecule has 0 spiro atoms. The van der Waals surface area contributed by atoms with E-state index >= 15 is 0 Å². The summed E-state index contributed by atoms with van der Waals surface area (Å²) >= 11 is 5.84. The van der Waals surface area contributed by atoms with Gasteiger partial charge in [-0.2, -0.15) is 0 Å². The summed E-state index contributed by atoms with van der Waals surface area (Å²) in [5.74, 6) is 0. The lowest BCUT2D eigenvalue weighted by Crippen LogP contribution is -2.19. The van der Waals surface area contributed by atoms with Crippen LogP contribution in [0.25, 0.3) is 5.57 Å². The van der Waals surface area contributed by atoms with Crippen molar-refractivity contribution >= 4 is 17.2 Å². The first-order chi connectivity index (χ1) is 6.75.